The summed E-state index contributed by atoms with van der Waals surface area (Å²) in [5.41, 5.74) is 44.6. The third-order valence-corrected chi connectivity index (χ3v) is 30.3. The van der Waals surface area contributed by atoms with Crippen LogP contribution in [-0.4, -0.2) is 0 Å². The molecular weight excluding hydrogens is 1750 g/mol. The zero-order valence-electron chi connectivity index (χ0n) is 80.5. The van der Waals surface area contributed by atoms with Crippen LogP contribution >= 0.6 is 0 Å². The van der Waals surface area contributed by atoms with Crippen molar-refractivity contribution in [2.24, 2.45) is 0 Å². The van der Waals surface area contributed by atoms with E-state index in [9.17, 15) is 0 Å². The van der Waals surface area contributed by atoms with Gasteiger partial charge in [0.15, 0.2) is 0 Å². The number of hydrogen-bond acceptors (Lipinski definition) is 3. The third-order valence-electron chi connectivity index (χ3n) is 30.3. The summed E-state index contributed by atoms with van der Waals surface area (Å²) in [6.07, 6.45) is 0. The largest absolute Gasteiger partial charge is 0.310 e. The first-order chi connectivity index (χ1) is 71.6. The van der Waals surface area contributed by atoms with E-state index in [1.54, 1.807) is 0 Å². The monoisotopic (exact) mass is 1850 g/mol. The molecule has 0 atom stereocenters. The van der Waals surface area contributed by atoms with Gasteiger partial charge < -0.3 is 14.7 Å². The third kappa shape index (κ3) is 15.5. The molecule has 0 radical (unpaired) electrons. The number of nitrogens with zero attached hydrogens (tertiary/aromatic N) is 3. The lowest BCUT2D eigenvalue weighted by atomic mass is 9.67. The lowest BCUT2D eigenvalue weighted by Gasteiger charge is -2.35. The first-order valence-corrected chi connectivity index (χ1v) is 50.3. The van der Waals surface area contributed by atoms with Crippen molar-refractivity contribution >= 4 is 83.5 Å². The molecule has 3 nitrogen and oxygen atoms in total. The minimum absolute atomic E-state index is 0.153. The van der Waals surface area contributed by atoms with Gasteiger partial charge in [-0.05, 0) is 321 Å². The highest BCUT2D eigenvalue weighted by Gasteiger charge is 2.47. The molecule has 3 heteroatoms. The Morgan fingerprint density at radius 2 is 0.393 bits per heavy atom. The zero-order valence-corrected chi connectivity index (χ0v) is 80.5. The Hall–Kier alpha value is -18.5. The Kier molecular flexibility index (Phi) is 21.9. The van der Waals surface area contributed by atoms with Gasteiger partial charge >= 0.3 is 0 Å². The molecule has 0 aliphatic heterocycles. The van der Waals surface area contributed by atoms with Gasteiger partial charge in [0.05, 0.1) is 5.41 Å². The van der Waals surface area contributed by atoms with Crippen molar-refractivity contribution < 1.29 is 0 Å². The molecule has 0 heterocycles. The minimum atomic E-state index is -0.770. The van der Waals surface area contributed by atoms with Crippen LogP contribution in [0, 0.1) is 0 Å². The summed E-state index contributed by atoms with van der Waals surface area (Å²) >= 11 is 0. The van der Waals surface area contributed by atoms with Crippen molar-refractivity contribution in [1.82, 2.24) is 0 Å². The molecule has 0 saturated heterocycles. The molecular formula is C142H99N3. The van der Waals surface area contributed by atoms with Gasteiger partial charge in [-0.1, -0.05) is 457 Å². The van der Waals surface area contributed by atoms with E-state index in [-0.39, 0.29) is 5.41 Å². The molecule has 0 unspecified atom stereocenters. The van der Waals surface area contributed by atoms with Crippen molar-refractivity contribution in [1.29, 1.82) is 0 Å². The first kappa shape index (κ1) is 86.8. The molecule has 24 aromatic rings. The average molecular weight is 1850 g/mol. The van der Waals surface area contributed by atoms with Gasteiger partial charge in [-0.25, -0.2) is 0 Å². The highest BCUT2D eigenvalue weighted by atomic mass is 15.2. The molecule has 0 fully saturated rings. The molecule has 0 N–H and O–H groups in total. The number of rotatable bonds is 21. The van der Waals surface area contributed by atoms with Gasteiger partial charge in [0, 0.05) is 56.6 Å². The van der Waals surface area contributed by atoms with Crippen LogP contribution in [0.2, 0.25) is 0 Å². The van der Waals surface area contributed by atoms with Crippen molar-refractivity contribution in [2.75, 3.05) is 14.7 Å². The van der Waals surface area contributed by atoms with Crippen LogP contribution in [-0.2, 0) is 10.8 Å². The van der Waals surface area contributed by atoms with Gasteiger partial charge in [-0.15, -0.1) is 0 Å². The zero-order chi connectivity index (χ0) is 96.5. The number of benzene rings is 24. The molecule has 0 amide bonds. The van der Waals surface area contributed by atoms with Gasteiger partial charge in [0.1, 0.15) is 0 Å². The predicted octanol–water partition coefficient (Wildman–Crippen LogP) is 38.9. The molecule has 0 bridgehead atoms. The second kappa shape index (κ2) is 36.6. The maximum atomic E-state index is 2.53. The van der Waals surface area contributed by atoms with Crippen LogP contribution in [0.25, 0.3) is 166 Å². The standard InChI is InChI=1S/C142H99N3/c1-141(2)137-64-25-24-60-133(137)136-63-32-62-128(140(136)141)103-71-80-114(81-72-103)143(113-74-65-99(66-75-113)96-33-8-3-9-34-96)118-52-29-45-108(92-118)126-87-88-127(132-59-23-22-58-131(126)132)110-73-83-134-135-84-82-121(95-139(135)142(138(134)94-110,111-47-14-6-15-48-111)112-49-16-7-17-50-112)145(116-78-69-101(70-79-116)98-37-12-5-13-38-98)120-54-30-46-109(93-120)125-86-85-124(129-56-20-21-57-130(125)129)106-43-26-41-104(89-106)105-42-27-51-117(90-105)144(115-76-67-100(68-77-115)97-35-10-4-11-36-97)119-53-28-44-107(91-119)123-61-31-40-102-39-18-19-55-122(102)123/h3-95H,1-2H3. The molecule has 2 aliphatic carbocycles. The highest BCUT2D eigenvalue weighted by molar-refractivity contribution is 6.09. The number of anilines is 9. The van der Waals surface area contributed by atoms with E-state index in [0.29, 0.717) is 0 Å². The average Bonchev–Trinajstić information content (AvgIpc) is 1.53. The number of fused-ring (bicyclic) bond motifs is 9. The van der Waals surface area contributed by atoms with Crippen LogP contribution in [0.15, 0.2) is 564 Å². The van der Waals surface area contributed by atoms with Gasteiger partial charge in [0.2, 0.25) is 0 Å². The van der Waals surface area contributed by atoms with E-state index < -0.39 is 5.41 Å². The van der Waals surface area contributed by atoms with E-state index in [2.05, 4.69) is 593 Å². The summed E-state index contributed by atoms with van der Waals surface area (Å²) in [7, 11) is 0. The van der Waals surface area contributed by atoms with Gasteiger partial charge in [-0.2, -0.15) is 0 Å². The fraction of sp³-hybridized carbons (Fsp3) is 0.0282. The van der Waals surface area contributed by atoms with Gasteiger partial charge in [0.25, 0.3) is 0 Å². The molecule has 26 rings (SSSR count). The van der Waals surface area contributed by atoms with Crippen molar-refractivity contribution in [3.63, 3.8) is 0 Å². The summed E-state index contributed by atoms with van der Waals surface area (Å²) < 4.78 is 0. The normalized spacial score (nSPS) is 12.5. The van der Waals surface area contributed by atoms with Crippen LogP contribution < -0.4 is 14.7 Å². The molecule has 0 spiro atoms. The summed E-state index contributed by atoms with van der Waals surface area (Å²) in [6, 6.07) is 210. The first-order valence-electron chi connectivity index (χ1n) is 50.3. The molecule has 682 valence electrons. The fourth-order valence-electron chi connectivity index (χ4n) is 23.5. The van der Waals surface area contributed by atoms with E-state index in [1.807, 2.05) is 0 Å². The fourth-order valence-corrected chi connectivity index (χ4v) is 23.5. The second-order valence-electron chi connectivity index (χ2n) is 38.9. The van der Waals surface area contributed by atoms with Crippen molar-refractivity contribution in [3.05, 3.63) is 598 Å². The predicted molar refractivity (Wildman–Crippen MR) is 612 cm³/mol. The maximum Gasteiger partial charge on any atom is 0.0714 e. The molecule has 145 heavy (non-hydrogen) atoms. The summed E-state index contributed by atoms with van der Waals surface area (Å²) in [5, 5.41) is 7.16. The lowest BCUT2D eigenvalue weighted by molar-refractivity contribution is 0.662. The van der Waals surface area contributed by atoms with E-state index in [4.69, 9.17) is 0 Å². The van der Waals surface area contributed by atoms with E-state index in [1.165, 1.54) is 144 Å². The SMILES string of the molecule is CC1(C)c2ccccc2-c2cccc(-c3ccc(N(c4ccc(-c5ccccc5)cc4)c4cccc(-c5ccc(-c6ccc7c(c6)C(c6ccccc6)(c6ccccc6)c6cc(N(c8ccc(-c9ccccc9)cc8)c8cccc(-c9ccc(-c%10cccc(-c%11cccc(N(c%12ccc(-c%13ccccc%13)cc%12)c%12cccc(-c%13cccc%14ccccc%13%14)c%12)c%11)c%10)c%10ccccc9%10)c8)ccc6-7)c6ccccc56)c4)cc3)c21. The maximum absolute atomic E-state index is 2.53. The molecule has 0 saturated carbocycles. The lowest BCUT2D eigenvalue weighted by Crippen LogP contribution is -2.28. The van der Waals surface area contributed by atoms with Crippen molar-refractivity contribution in [2.45, 2.75) is 24.7 Å². The van der Waals surface area contributed by atoms with Crippen LogP contribution in [0.3, 0.4) is 0 Å². The minimum Gasteiger partial charge on any atom is -0.310 e. The van der Waals surface area contributed by atoms with E-state index >= 15 is 0 Å². The smallest absolute Gasteiger partial charge is 0.0714 e. The summed E-state index contributed by atoms with van der Waals surface area (Å²) in [4.78, 5) is 7.30. The highest BCUT2D eigenvalue weighted by Crippen LogP contribution is 2.60. The van der Waals surface area contributed by atoms with Crippen molar-refractivity contribution in [3.8, 4) is 134 Å². The van der Waals surface area contributed by atoms with Crippen LogP contribution in [0.1, 0.15) is 47.2 Å². The molecule has 24 aromatic carbocycles. The Bertz CT molecular complexity index is 9000. The van der Waals surface area contributed by atoms with Crippen LogP contribution in [0.5, 0.6) is 0 Å². The topological polar surface area (TPSA) is 9.72 Å². The van der Waals surface area contributed by atoms with Crippen LogP contribution in [0.4, 0.5) is 51.2 Å². The summed E-state index contributed by atoms with van der Waals surface area (Å²) in [6.45, 7) is 4.75. The molecule has 2 aliphatic rings. The molecule has 0 aromatic heterocycles. The van der Waals surface area contributed by atoms with Gasteiger partial charge in [-0.3, -0.25) is 0 Å². The number of hydrogen-bond donors (Lipinski definition) is 0. The Morgan fingerprint density at radius 1 is 0.138 bits per heavy atom. The Balaban J connectivity index is 0.555. The van der Waals surface area contributed by atoms with E-state index in [0.717, 1.165) is 107 Å². The Morgan fingerprint density at radius 3 is 0.855 bits per heavy atom. The Labute approximate surface area is 847 Å². The quantitative estimate of drug-likeness (QED) is 0.0710. The summed E-state index contributed by atoms with van der Waals surface area (Å²) in [5.74, 6) is 0. The second-order valence-corrected chi connectivity index (χ2v) is 38.9.